The van der Waals surface area contributed by atoms with Gasteiger partial charge < -0.3 is 10.3 Å². The summed E-state index contributed by atoms with van der Waals surface area (Å²) in [6.45, 7) is 4.84. The van der Waals surface area contributed by atoms with Gasteiger partial charge in [-0.15, -0.1) is 0 Å². The summed E-state index contributed by atoms with van der Waals surface area (Å²) in [4.78, 5) is 0. The molecule has 0 radical (unpaired) electrons. The fourth-order valence-electron chi connectivity index (χ4n) is 1.91. The Morgan fingerprint density at radius 1 is 1.40 bits per heavy atom. The van der Waals surface area contributed by atoms with Crippen molar-refractivity contribution < 1.29 is 0 Å². The number of rotatable bonds is 2. The lowest BCUT2D eigenvalue weighted by Gasteiger charge is -2.09. The molecule has 0 aliphatic rings. The van der Waals surface area contributed by atoms with E-state index < -0.39 is 0 Å². The highest BCUT2D eigenvalue weighted by Crippen LogP contribution is 2.30. The predicted octanol–water partition coefficient (Wildman–Crippen LogP) is 3.33. The van der Waals surface area contributed by atoms with E-state index in [1.54, 1.807) is 0 Å². The van der Waals surface area contributed by atoms with Crippen molar-refractivity contribution in [2.45, 2.75) is 26.4 Å². The molecule has 0 aliphatic heterocycles. The van der Waals surface area contributed by atoms with Gasteiger partial charge in [0.15, 0.2) is 0 Å². The largest absolute Gasteiger partial charge is 0.343 e. The first-order chi connectivity index (χ1) is 7.15. The van der Waals surface area contributed by atoms with Gasteiger partial charge in [-0.3, -0.25) is 0 Å². The maximum Gasteiger partial charge on any atom is 0.0675 e. The Hall–Kier alpha value is -0.990. The lowest BCUT2D eigenvalue weighted by atomic mass is 10.2. The monoisotopic (exact) mass is 222 g/mol. The van der Waals surface area contributed by atoms with E-state index >= 15 is 0 Å². The van der Waals surface area contributed by atoms with Crippen LogP contribution in [0.2, 0.25) is 5.02 Å². The number of benzene rings is 1. The molecule has 2 aromatic rings. The van der Waals surface area contributed by atoms with Crippen LogP contribution in [-0.4, -0.2) is 4.57 Å². The van der Waals surface area contributed by atoms with Gasteiger partial charge in [0.25, 0.3) is 0 Å². The molecule has 0 bridgehead atoms. The van der Waals surface area contributed by atoms with Crippen LogP contribution in [0.1, 0.15) is 25.5 Å². The summed E-state index contributed by atoms with van der Waals surface area (Å²) >= 11 is 6.21. The molecule has 0 spiro atoms. The molecule has 0 saturated carbocycles. The maximum absolute atomic E-state index is 6.21. The van der Waals surface area contributed by atoms with Crippen LogP contribution in [0.3, 0.4) is 0 Å². The van der Waals surface area contributed by atoms with E-state index in [9.17, 15) is 0 Å². The highest BCUT2D eigenvalue weighted by atomic mass is 35.5. The van der Waals surface area contributed by atoms with Crippen molar-refractivity contribution in [1.29, 1.82) is 0 Å². The smallest absolute Gasteiger partial charge is 0.0675 e. The summed E-state index contributed by atoms with van der Waals surface area (Å²) in [5, 5.41) is 1.96. The lowest BCUT2D eigenvalue weighted by molar-refractivity contribution is 0.621. The van der Waals surface area contributed by atoms with E-state index in [2.05, 4.69) is 30.7 Å². The van der Waals surface area contributed by atoms with Gasteiger partial charge in [0.05, 0.1) is 10.5 Å². The summed E-state index contributed by atoms with van der Waals surface area (Å²) in [5.74, 6) is 0. The molecule has 1 aromatic carbocycles. The molecule has 3 heteroatoms. The molecule has 0 saturated heterocycles. The van der Waals surface area contributed by atoms with Gasteiger partial charge in [-0.2, -0.15) is 0 Å². The molecule has 0 atom stereocenters. The third kappa shape index (κ3) is 1.64. The molecule has 15 heavy (non-hydrogen) atoms. The van der Waals surface area contributed by atoms with Gasteiger partial charge in [0.1, 0.15) is 0 Å². The number of hydrogen-bond donors (Lipinski definition) is 1. The number of halogens is 1. The fraction of sp³-hybridized carbons (Fsp3) is 0.333. The van der Waals surface area contributed by atoms with Crippen LogP contribution in [0.5, 0.6) is 0 Å². The number of aromatic nitrogens is 1. The Labute approximate surface area is 94.6 Å². The van der Waals surface area contributed by atoms with Crippen molar-refractivity contribution in [3.8, 4) is 0 Å². The second kappa shape index (κ2) is 3.87. The summed E-state index contributed by atoms with van der Waals surface area (Å²) < 4.78 is 2.18. The van der Waals surface area contributed by atoms with Gasteiger partial charge in [-0.25, -0.2) is 0 Å². The molecular formula is C12H15ClN2. The standard InChI is InChI=1S/C12H15ClN2/c1-8(2)15-7-9(6-14)10-4-3-5-11(13)12(10)15/h3-5,7-8H,6,14H2,1-2H3. The summed E-state index contributed by atoms with van der Waals surface area (Å²) in [6.07, 6.45) is 2.10. The molecule has 0 fully saturated rings. The highest BCUT2D eigenvalue weighted by molar-refractivity contribution is 6.35. The zero-order chi connectivity index (χ0) is 11.0. The van der Waals surface area contributed by atoms with Gasteiger partial charge in [-0.05, 0) is 25.5 Å². The summed E-state index contributed by atoms with van der Waals surface area (Å²) in [6, 6.07) is 6.35. The van der Waals surface area contributed by atoms with Crippen molar-refractivity contribution >= 4 is 22.5 Å². The van der Waals surface area contributed by atoms with Crippen LogP contribution >= 0.6 is 11.6 Å². The Balaban J connectivity index is 2.82. The van der Waals surface area contributed by atoms with Crippen LogP contribution < -0.4 is 5.73 Å². The molecule has 1 aromatic heterocycles. The molecule has 2 nitrogen and oxygen atoms in total. The molecule has 2 rings (SSSR count). The highest BCUT2D eigenvalue weighted by Gasteiger charge is 2.11. The van der Waals surface area contributed by atoms with E-state index in [0.717, 1.165) is 16.1 Å². The molecule has 1 heterocycles. The number of hydrogen-bond acceptors (Lipinski definition) is 1. The van der Waals surface area contributed by atoms with Gasteiger partial charge in [0.2, 0.25) is 0 Å². The second-order valence-electron chi connectivity index (χ2n) is 4.00. The van der Waals surface area contributed by atoms with Gasteiger partial charge in [-0.1, -0.05) is 23.7 Å². The van der Waals surface area contributed by atoms with Crippen LogP contribution in [0, 0.1) is 0 Å². The van der Waals surface area contributed by atoms with Crippen molar-refractivity contribution in [2.75, 3.05) is 0 Å². The Morgan fingerprint density at radius 2 is 2.13 bits per heavy atom. The van der Waals surface area contributed by atoms with E-state index in [1.807, 2.05) is 12.1 Å². The first-order valence-electron chi connectivity index (χ1n) is 5.13. The van der Waals surface area contributed by atoms with Crippen LogP contribution in [0.4, 0.5) is 0 Å². The second-order valence-corrected chi connectivity index (χ2v) is 4.40. The quantitative estimate of drug-likeness (QED) is 0.830. The minimum Gasteiger partial charge on any atom is -0.343 e. The van der Waals surface area contributed by atoms with Crippen LogP contribution in [0.25, 0.3) is 10.9 Å². The van der Waals surface area contributed by atoms with E-state index in [4.69, 9.17) is 17.3 Å². The minimum absolute atomic E-state index is 0.396. The molecule has 80 valence electrons. The van der Waals surface area contributed by atoms with Gasteiger partial charge >= 0.3 is 0 Å². The molecule has 2 N–H and O–H groups in total. The molecule has 0 aliphatic carbocycles. The van der Waals surface area contributed by atoms with Crippen molar-refractivity contribution in [1.82, 2.24) is 4.57 Å². The molecular weight excluding hydrogens is 208 g/mol. The van der Waals surface area contributed by atoms with Crippen molar-refractivity contribution in [2.24, 2.45) is 5.73 Å². The third-order valence-electron chi connectivity index (χ3n) is 2.66. The number of nitrogens with zero attached hydrogens (tertiary/aromatic N) is 1. The van der Waals surface area contributed by atoms with E-state index in [1.165, 1.54) is 5.39 Å². The maximum atomic E-state index is 6.21. The fourth-order valence-corrected chi connectivity index (χ4v) is 2.18. The minimum atomic E-state index is 0.396. The SMILES string of the molecule is CC(C)n1cc(CN)c2cccc(Cl)c21. The van der Waals surface area contributed by atoms with Crippen molar-refractivity contribution in [3.63, 3.8) is 0 Å². The Bertz CT molecular complexity index is 486. The number of nitrogens with two attached hydrogens (primary N) is 1. The molecule has 0 unspecified atom stereocenters. The first-order valence-corrected chi connectivity index (χ1v) is 5.51. The predicted molar refractivity (Wildman–Crippen MR) is 65.2 cm³/mol. The zero-order valence-corrected chi connectivity index (χ0v) is 9.75. The van der Waals surface area contributed by atoms with Crippen molar-refractivity contribution in [3.05, 3.63) is 35.0 Å². The zero-order valence-electron chi connectivity index (χ0n) is 9.00. The summed E-state index contributed by atoms with van der Waals surface area (Å²) in [5.41, 5.74) is 7.97. The number of fused-ring (bicyclic) bond motifs is 1. The van der Waals surface area contributed by atoms with E-state index in [-0.39, 0.29) is 0 Å². The third-order valence-corrected chi connectivity index (χ3v) is 2.97. The lowest BCUT2D eigenvalue weighted by Crippen LogP contribution is -1.99. The Kier molecular flexibility index (Phi) is 2.72. The molecule has 0 amide bonds. The normalized spacial score (nSPS) is 11.5. The number of para-hydroxylation sites is 1. The topological polar surface area (TPSA) is 30.9 Å². The average molecular weight is 223 g/mol. The van der Waals surface area contributed by atoms with Gasteiger partial charge in [0, 0.05) is 24.2 Å². The van der Waals surface area contributed by atoms with Crippen LogP contribution in [0.15, 0.2) is 24.4 Å². The summed E-state index contributed by atoms with van der Waals surface area (Å²) in [7, 11) is 0. The Morgan fingerprint density at radius 3 is 2.73 bits per heavy atom. The first kappa shape index (κ1) is 10.5. The average Bonchev–Trinajstić information content (AvgIpc) is 2.58. The van der Waals surface area contributed by atoms with E-state index in [0.29, 0.717) is 12.6 Å². The van der Waals surface area contributed by atoms with Crippen LogP contribution in [-0.2, 0) is 6.54 Å².